The van der Waals surface area contributed by atoms with E-state index in [-0.39, 0.29) is 12.2 Å². The second kappa shape index (κ2) is 4.94. The average molecular weight is 265 g/mol. The van der Waals surface area contributed by atoms with E-state index in [1.54, 1.807) is 17.0 Å². The van der Waals surface area contributed by atoms with Crippen molar-refractivity contribution < 1.29 is 9.84 Å². The van der Waals surface area contributed by atoms with E-state index in [1.165, 1.54) is 0 Å². The van der Waals surface area contributed by atoms with Crippen LogP contribution in [-0.4, -0.2) is 40.0 Å². The number of aliphatic hydroxyl groups is 1. The number of hydrogen-bond acceptors (Lipinski definition) is 5. The van der Waals surface area contributed by atoms with Gasteiger partial charge in [0, 0.05) is 31.6 Å². The number of anilines is 1. The van der Waals surface area contributed by atoms with E-state index >= 15 is 0 Å². The molecule has 0 bridgehead atoms. The van der Waals surface area contributed by atoms with Crippen LogP contribution < -0.4 is 10.9 Å². The number of aromatic nitrogens is 2. The molecule has 0 amide bonds. The predicted molar refractivity (Wildman–Crippen MR) is 70.3 cm³/mol. The Labute approximate surface area is 111 Å². The predicted octanol–water partition coefficient (Wildman–Crippen LogP) is 0.532. The summed E-state index contributed by atoms with van der Waals surface area (Å²) in [4.78, 5) is 16.4. The van der Waals surface area contributed by atoms with Crippen LogP contribution in [0.5, 0.6) is 0 Å². The molecule has 19 heavy (non-hydrogen) atoms. The van der Waals surface area contributed by atoms with Crippen molar-refractivity contribution in [1.82, 2.24) is 9.55 Å². The zero-order chi connectivity index (χ0) is 13.3. The molecule has 1 saturated heterocycles. The average Bonchev–Trinajstić information content (AvgIpc) is 3.27. The summed E-state index contributed by atoms with van der Waals surface area (Å²) in [5.41, 5.74) is -0.572. The third kappa shape index (κ3) is 2.50. The van der Waals surface area contributed by atoms with E-state index < -0.39 is 5.54 Å². The maximum Gasteiger partial charge on any atom is 0.293 e. The van der Waals surface area contributed by atoms with E-state index in [2.05, 4.69) is 10.3 Å². The highest BCUT2D eigenvalue weighted by Gasteiger charge is 2.33. The zero-order valence-electron chi connectivity index (χ0n) is 10.8. The topological polar surface area (TPSA) is 76.4 Å². The summed E-state index contributed by atoms with van der Waals surface area (Å²) in [6.07, 6.45) is 6.86. The molecule has 1 aromatic heterocycles. The Morgan fingerprint density at radius 2 is 2.21 bits per heavy atom. The quantitative estimate of drug-likeness (QED) is 0.830. The lowest BCUT2D eigenvalue weighted by atomic mass is 9.91. The molecule has 2 aliphatic rings. The number of ether oxygens (including phenoxy) is 1. The fourth-order valence-corrected chi connectivity index (χ4v) is 2.49. The lowest BCUT2D eigenvalue weighted by molar-refractivity contribution is 0.0378. The van der Waals surface area contributed by atoms with Gasteiger partial charge in [-0.25, -0.2) is 4.98 Å². The molecule has 2 fully saturated rings. The van der Waals surface area contributed by atoms with Gasteiger partial charge in [0.05, 0.1) is 12.1 Å². The highest BCUT2D eigenvalue weighted by atomic mass is 16.5. The van der Waals surface area contributed by atoms with Gasteiger partial charge in [0.1, 0.15) is 0 Å². The van der Waals surface area contributed by atoms with Gasteiger partial charge < -0.3 is 19.7 Å². The molecule has 6 heteroatoms. The molecule has 0 spiro atoms. The SMILES string of the molecule is O=c1c(NC2(CO)CCOCC2)nccn1C1CC1. The first-order valence-corrected chi connectivity index (χ1v) is 6.78. The van der Waals surface area contributed by atoms with E-state index in [9.17, 15) is 9.90 Å². The van der Waals surface area contributed by atoms with Gasteiger partial charge in [0.15, 0.2) is 5.82 Å². The minimum Gasteiger partial charge on any atom is -0.394 e. The van der Waals surface area contributed by atoms with Crippen LogP contribution in [-0.2, 0) is 4.74 Å². The molecule has 104 valence electrons. The lowest BCUT2D eigenvalue weighted by Crippen LogP contribution is -2.48. The molecule has 2 heterocycles. The summed E-state index contributed by atoms with van der Waals surface area (Å²) in [6, 6.07) is 0.329. The number of hydrogen-bond donors (Lipinski definition) is 2. The molecule has 1 aliphatic heterocycles. The summed E-state index contributed by atoms with van der Waals surface area (Å²) in [6.45, 7) is 1.17. The molecular formula is C13H19N3O3. The van der Waals surface area contributed by atoms with Crippen LogP contribution in [0.1, 0.15) is 31.7 Å². The zero-order valence-corrected chi connectivity index (χ0v) is 10.8. The molecule has 2 N–H and O–H groups in total. The van der Waals surface area contributed by atoms with Gasteiger partial charge in [-0.2, -0.15) is 0 Å². The first kappa shape index (κ1) is 12.6. The summed E-state index contributed by atoms with van der Waals surface area (Å²) in [5.74, 6) is 0.338. The first-order chi connectivity index (χ1) is 9.24. The van der Waals surface area contributed by atoms with E-state index in [0.717, 1.165) is 12.8 Å². The normalized spacial score (nSPS) is 22.2. The van der Waals surface area contributed by atoms with Crippen LogP contribution >= 0.6 is 0 Å². The number of rotatable bonds is 4. The van der Waals surface area contributed by atoms with E-state index in [1.807, 2.05) is 0 Å². The van der Waals surface area contributed by atoms with Crippen LogP contribution in [0.2, 0.25) is 0 Å². The summed E-state index contributed by atoms with van der Waals surface area (Å²) >= 11 is 0. The first-order valence-electron chi connectivity index (χ1n) is 6.78. The molecule has 0 atom stereocenters. The van der Waals surface area contributed by atoms with Crippen molar-refractivity contribution >= 4 is 5.82 Å². The van der Waals surface area contributed by atoms with Gasteiger partial charge in [-0.15, -0.1) is 0 Å². The standard InChI is InChI=1S/C13H19N3O3/c17-9-13(3-7-19-8-4-13)15-11-12(18)16(6-5-14-11)10-1-2-10/h5-6,10,17H,1-4,7-9H2,(H,14,15). The Kier molecular flexibility index (Phi) is 3.28. The van der Waals surface area contributed by atoms with Gasteiger partial charge in [-0.1, -0.05) is 0 Å². The molecule has 0 aromatic carbocycles. The highest BCUT2D eigenvalue weighted by Crippen LogP contribution is 2.33. The molecule has 0 radical (unpaired) electrons. The maximum absolute atomic E-state index is 12.3. The largest absolute Gasteiger partial charge is 0.394 e. The van der Waals surface area contributed by atoms with Gasteiger partial charge in [0.2, 0.25) is 0 Å². The van der Waals surface area contributed by atoms with Crippen LogP contribution in [0.4, 0.5) is 5.82 Å². The van der Waals surface area contributed by atoms with Crippen molar-refractivity contribution in [3.8, 4) is 0 Å². The third-order valence-electron chi connectivity index (χ3n) is 3.94. The van der Waals surface area contributed by atoms with E-state index in [4.69, 9.17) is 4.74 Å². The molecular weight excluding hydrogens is 246 g/mol. The van der Waals surface area contributed by atoms with Gasteiger partial charge in [-0.3, -0.25) is 4.79 Å². The van der Waals surface area contributed by atoms with Crippen molar-refractivity contribution in [3.63, 3.8) is 0 Å². The minimum atomic E-state index is -0.479. The van der Waals surface area contributed by atoms with Crippen molar-refractivity contribution in [1.29, 1.82) is 0 Å². The molecule has 1 saturated carbocycles. The highest BCUT2D eigenvalue weighted by molar-refractivity contribution is 5.36. The van der Waals surface area contributed by atoms with Crippen LogP contribution in [0.25, 0.3) is 0 Å². The van der Waals surface area contributed by atoms with Crippen molar-refractivity contribution in [3.05, 3.63) is 22.7 Å². The lowest BCUT2D eigenvalue weighted by Gasteiger charge is -2.36. The molecule has 1 aliphatic carbocycles. The van der Waals surface area contributed by atoms with Crippen LogP contribution in [0.3, 0.4) is 0 Å². The second-order valence-corrected chi connectivity index (χ2v) is 5.40. The Balaban J connectivity index is 1.85. The van der Waals surface area contributed by atoms with Gasteiger partial charge in [0.25, 0.3) is 5.56 Å². The van der Waals surface area contributed by atoms with Crippen molar-refractivity contribution in [2.24, 2.45) is 0 Å². The van der Waals surface area contributed by atoms with E-state index in [0.29, 0.717) is 37.9 Å². The fourth-order valence-electron chi connectivity index (χ4n) is 2.49. The molecule has 1 aromatic rings. The molecule has 3 rings (SSSR count). The Morgan fingerprint density at radius 3 is 2.84 bits per heavy atom. The van der Waals surface area contributed by atoms with Crippen molar-refractivity contribution in [2.45, 2.75) is 37.3 Å². The van der Waals surface area contributed by atoms with Crippen molar-refractivity contribution in [2.75, 3.05) is 25.1 Å². The van der Waals surface area contributed by atoms with Crippen LogP contribution in [0.15, 0.2) is 17.2 Å². The molecule has 6 nitrogen and oxygen atoms in total. The number of aliphatic hydroxyl groups excluding tert-OH is 1. The summed E-state index contributed by atoms with van der Waals surface area (Å²) in [5, 5.41) is 12.8. The number of nitrogens with one attached hydrogen (secondary N) is 1. The summed E-state index contributed by atoms with van der Waals surface area (Å²) in [7, 11) is 0. The van der Waals surface area contributed by atoms with Gasteiger partial charge >= 0.3 is 0 Å². The monoisotopic (exact) mass is 265 g/mol. The number of nitrogens with zero attached hydrogens (tertiary/aromatic N) is 2. The Bertz CT molecular complexity index is 504. The second-order valence-electron chi connectivity index (χ2n) is 5.40. The molecule has 0 unspecified atom stereocenters. The van der Waals surface area contributed by atoms with Crippen LogP contribution in [0, 0.1) is 0 Å². The smallest absolute Gasteiger partial charge is 0.293 e. The Hall–Kier alpha value is -1.40. The third-order valence-corrected chi connectivity index (χ3v) is 3.94. The Morgan fingerprint density at radius 1 is 1.47 bits per heavy atom. The minimum absolute atomic E-state index is 0.0181. The summed E-state index contributed by atoms with van der Waals surface area (Å²) < 4.78 is 7.05. The maximum atomic E-state index is 12.3. The fraction of sp³-hybridized carbons (Fsp3) is 0.692. The van der Waals surface area contributed by atoms with Gasteiger partial charge in [-0.05, 0) is 25.7 Å².